The molecule has 0 heterocycles. The summed E-state index contributed by atoms with van der Waals surface area (Å²) >= 11 is 0. The Bertz CT molecular complexity index is 493. The van der Waals surface area contributed by atoms with E-state index in [-0.39, 0.29) is 28.9 Å². The minimum Gasteiger partial charge on any atom is -0.463 e. The third kappa shape index (κ3) is 7.70. The fourth-order valence-corrected chi connectivity index (χ4v) is 4.45. The van der Waals surface area contributed by atoms with E-state index in [0.29, 0.717) is 18.1 Å². The van der Waals surface area contributed by atoms with Crippen LogP contribution in [-0.4, -0.2) is 38.2 Å². The van der Waals surface area contributed by atoms with Gasteiger partial charge in [0.2, 0.25) is 0 Å². The quantitative estimate of drug-likeness (QED) is 0.296. The second kappa shape index (κ2) is 10.8. The van der Waals surface area contributed by atoms with Gasteiger partial charge in [0.15, 0.2) is 8.32 Å². The molecule has 0 radical (unpaired) electrons. The molecule has 0 aromatic carbocycles. The highest BCUT2D eigenvalue weighted by molar-refractivity contribution is 6.74. The fraction of sp³-hybridized carbons (Fsp3) is 0.864. The summed E-state index contributed by atoms with van der Waals surface area (Å²) in [5, 5.41) is 11.1. The topological polar surface area (TPSA) is 55.8 Å². The molecule has 0 saturated carbocycles. The summed E-state index contributed by atoms with van der Waals surface area (Å²) in [6, 6.07) is 0. The van der Waals surface area contributed by atoms with Crippen molar-refractivity contribution in [3.63, 3.8) is 0 Å². The van der Waals surface area contributed by atoms with Gasteiger partial charge in [-0.2, -0.15) is 0 Å². The van der Waals surface area contributed by atoms with Crippen molar-refractivity contribution in [3.05, 3.63) is 11.6 Å². The van der Waals surface area contributed by atoms with Crippen LogP contribution in [-0.2, 0) is 14.0 Å². The average Bonchev–Trinajstić information content (AvgIpc) is 2.56. The van der Waals surface area contributed by atoms with Gasteiger partial charge in [0.25, 0.3) is 0 Å². The van der Waals surface area contributed by atoms with Gasteiger partial charge in [0, 0.05) is 17.4 Å². The van der Waals surface area contributed by atoms with Crippen LogP contribution in [0.1, 0.15) is 68.7 Å². The molecule has 0 aromatic rings. The minimum atomic E-state index is -1.95. The summed E-state index contributed by atoms with van der Waals surface area (Å²) in [6.07, 6.45) is 2.23. The molecule has 5 heteroatoms. The molecule has 0 amide bonds. The standard InChI is InChI=1S/C22H44O4Si/c1-12-15(3)20(26-27(10,11)22(7,8)9)18(6)19(23)16(4)14-17(5)21(24)25-13-2/h14-16,18-20,23H,12-13H2,1-11H3/b17-14+/t15-,16+,18+,19-,20+/m0/s1. The van der Waals surface area contributed by atoms with E-state index in [4.69, 9.17) is 9.16 Å². The number of hydrogen-bond donors (Lipinski definition) is 1. The molecule has 0 unspecified atom stereocenters. The molecule has 0 bridgehead atoms. The second-order valence-electron chi connectivity index (χ2n) is 9.51. The molecule has 5 atom stereocenters. The van der Waals surface area contributed by atoms with Gasteiger partial charge >= 0.3 is 5.97 Å². The molecule has 4 nitrogen and oxygen atoms in total. The summed E-state index contributed by atoms with van der Waals surface area (Å²) in [4.78, 5) is 11.9. The zero-order chi connectivity index (χ0) is 21.6. The SMILES string of the molecule is CCOC(=O)/C(C)=C/[C@@H](C)[C@H](O)[C@@H](C)[C@H](O[Si](C)(C)C(C)(C)C)[C@@H](C)CC. The summed E-state index contributed by atoms with van der Waals surface area (Å²) in [5.74, 6) is -0.152. The second-order valence-corrected chi connectivity index (χ2v) is 14.3. The largest absolute Gasteiger partial charge is 0.463 e. The Hall–Kier alpha value is -0.653. The Morgan fingerprint density at radius 1 is 1.15 bits per heavy atom. The van der Waals surface area contributed by atoms with Crippen molar-refractivity contribution in [1.29, 1.82) is 0 Å². The van der Waals surface area contributed by atoms with Crippen LogP contribution in [0, 0.1) is 17.8 Å². The third-order valence-corrected chi connectivity index (χ3v) is 10.6. The van der Waals surface area contributed by atoms with Crippen molar-refractivity contribution in [2.24, 2.45) is 17.8 Å². The smallest absolute Gasteiger partial charge is 0.333 e. The van der Waals surface area contributed by atoms with Crippen LogP contribution < -0.4 is 0 Å². The van der Waals surface area contributed by atoms with Crippen molar-refractivity contribution in [1.82, 2.24) is 0 Å². The number of hydrogen-bond acceptors (Lipinski definition) is 4. The Labute approximate surface area is 168 Å². The van der Waals surface area contributed by atoms with E-state index in [0.717, 1.165) is 6.42 Å². The van der Waals surface area contributed by atoms with Gasteiger partial charge in [0.05, 0.1) is 18.8 Å². The molecule has 27 heavy (non-hydrogen) atoms. The van der Waals surface area contributed by atoms with Crippen LogP contribution in [0.15, 0.2) is 11.6 Å². The number of ether oxygens (including phenoxy) is 1. The molecule has 0 aromatic heterocycles. The van der Waals surface area contributed by atoms with Crippen LogP contribution >= 0.6 is 0 Å². The van der Waals surface area contributed by atoms with E-state index in [1.807, 2.05) is 13.0 Å². The number of esters is 1. The zero-order valence-corrected chi connectivity index (χ0v) is 20.6. The number of aliphatic hydroxyl groups excluding tert-OH is 1. The lowest BCUT2D eigenvalue weighted by Gasteiger charge is -2.44. The Morgan fingerprint density at radius 3 is 2.07 bits per heavy atom. The zero-order valence-electron chi connectivity index (χ0n) is 19.6. The van der Waals surface area contributed by atoms with Crippen molar-refractivity contribution >= 4 is 14.3 Å². The first kappa shape index (κ1) is 26.3. The van der Waals surface area contributed by atoms with E-state index < -0.39 is 14.4 Å². The number of rotatable bonds is 10. The molecule has 0 aliphatic heterocycles. The van der Waals surface area contributed by atoms with Gasteiger partial charge in [-0.1, -0.05) is 61.0 Å². The van der Waals surface area contributed by atoms with Crippen molar-refractivity contribution in [2.45, 2.75) is 99.1 Å². The Kier molecular flexibility index (Phi) is 10.5. The predicted molar refractivity (Wildman–Crippen MR) is 116 cm³/mol. The maximum Gasteiger partial charge on any atom is 0.333 e. The van der Waals surface area contributed by atoms with Gasteiger partial charge < -0.3 is 14.3 Å². The average molecular weight is 401 g/mol. The number of carbonyl (C=O) groups excluding carboxylic acids is 1. The first-order valence-electron chi connectivity index (χ1n) is 10.4. The maximum atomic E-state index is 11.9. The summed E-state index contributed by atoms with van der Waals surface area (Å²) in [6.45, 7) is 23.5. The normalized spacial score (nSPS) is 19.2. The first-order valence-corrected chi connectivity index (χ1v) is 13.3. The van der Waals surface area contributed by atoms with Crippen molar-refractivity contribution in [2.75, 3.05) is 6.61 Å². The van der Waals surface area contributed by atoms with Crippen molar-refractivity contribution < 1.29 is 19.1 Å². The fourth-order valence-electron chi connectivity index (χ4n) is 2.97. The monoisotopic (exact) mass is 400 g/mol. The van der Waals surface area contributed by atoms with Crippen LogP contribution in [0.3, 0.4) is 0 Å². The molecule has 0 aliphatic carbocycles. The van der Waals surface area contributed by atoms with Crippen molar-refractivity contribution in [3.8, 4) is 0 Å². The molecule has 160 valence electrons. The molecule has 0 aliphatic rings. The lowest BCUT2D eigenvalue weighted by molar-refractivity contribution is -0.138. The van der Waals surface area contributed by atoms with E-state index in [1.165, 1.54) is 0 Å². The summed E-state index contributed by atoms with van der Waals surface area (Å²) in [5.41, 5.74) is 0.543. The van der Waals surface area contributed by atoms with E-state index >= 15 is 0 Å². The molecular formula is C22H44O4Si. The van der Waals surface area contributed by atoms with Gasteiger partial charge in [-0.05, 0) is 37.9 Å². The first-order chi connectivity index (χ1) is 12.2. The van der Waals surface area contributed by atoms with Gasteiger partial charge in [-0.15, -0.1) is 0 Å². The lowest BCUT2D eigenvalue weighted by atomic mass is 9.83. The highest BCUT2D eigenvalue weighted by Crippen LogP contribution is 2.40. The van der Waals surface area contributed by atoms with Crippen LogP contribution in [0.5, 0.6) is 0 Å². The molecule has 0 rings (SSSR count). The van der Waals surface area contributed by atoms with E-state index in [2.05, 4.69) is 54.6 Å². The Balaban J connectivity index is 5.46. The van der Waals surface area contributed by atoms with E-state index in [9.17, 15) is 9.90 Å². The predicted octanol–water partition coefficient (Wildman–Crippen LogP) is 5.57. The van der Waals surface area contributed by atoms with E-state index in [1.54, 1.807) is 13.8 Å². The summed E-state index contributed by atoms with van der Waals surface area (Å²) < 4.78 is 11.8. The van der Waals surface area contributed by atoms with Gasteiger partial charge in [-0.25, -0.2) is 4.79 Å². The molecule has 0 fully saturated rings. The van der Waals surface area contributed by atoms with Gasteiger partial charge in [0.1, 0.15) is 0 Å². The Morgan fingerprint density at radius 2 is 1.67 bits per heavy atom. The molecular weight excluding hydrogens is 356 g/mol. The molecule has 1 N–H and O–H groups in total. The lowest BCUT2D eigenvalue weighted by Crippen LogP contribution is -2.49. The number of carbonyl (C=O) groups is 1. The van der Waals surface area contributed by atoms with Crippen LogP contribution in [0.25, 0.3) is 0 Å². The van der Waals surface area contributed by atoms with Crippen LogP contribution in [0.4, 0.5) is 0 Å². The maximum absolute atomic E-state index is 11.9. The van der Waals surface area contributed by atoms with Crippen LogP contribution in [0.2, 0.25) is 18.1 Å². The summed E-state index contributed by atoms with van der Waals surface area (Å²) in [7, 11) is -1.95. The minimum absolute atomic E-state index is 0.00959. The number of aliphatic hydroxyl groups is 1. The highest BCUT2D eigenvalue weighted by Gasteiger charge is 2.42. The molecule has 0 spiro atoms. The van der Waals surface area contributed by atoms with Gasteiger partial charge in [-0.3, -0.25) is 0 Å². The third-order valence-electron chi connectivity index (χ3n) is 6.15. The molecule has 0 saturated heterocycles. The highest BCUT2D eigenvalue weighted by atomic mass is 28.4.